The number of phenolic OH excluding ortho intramolecular Hbond substituents is 1. The Balaban J connectivity index is 1.78. The van der Waals surface area contributed by atoms with Gasteiger partial charge in [-0.25, -0.2) is 4.79 Å². The number of nitrogens with one attached hydrogen (secondary N) is 1. The van der Waals surface area contributed by atoms with E-state index in [4.69, 9.17) is 0 Å². The largest absolute Gasteiger partial charge is 0.507 e. The summed E-state index contributed by atoms with van der Waals surface area (Å²) in [5, 5.41) is 22.8. The first kappa shape index (κ1) is 20.1. The number of anilines is 2. The Hall–Kier alpha value is -3.60. The van der Waals surface area contributed by atoms with Crippen molar-refractivity contribution in [2.45, 2.75) is 26.2 Å². The zero-order chi connectivity index (χ0) is 20.8. The fourth-order valence-corrected chi connectivity index (χ4v) is 3.12. The normalized spacial score (nSPS) is 10.5. The molecule has 0 amide bonds. The predicted molar refractivity (Wildman–Crippen MR) is 113 cm³/mol. The highest BCUT2D eigenvalue weighted by Crippen LogP contribution is 2.27. The van der Waals surface area contributed by atoms with Crippen molar-refractivity contribution in [3.8, 4) is 5.75 Å². The number of unbranched alkanes of at least 4 members (excludes halogenated alkanes) is 1. The number of aromatic carboxylic acids is 1. The fourth-order valence-electron chi connectivity index (χ4n) is 3.12. The van der Waals surface area contributed by atoms with Crippen LogP contribution in [-0.2, 0) is 6.42 Å². The van der Waals surface area contributed by atoms with Crippen molar-refractivity contribution in [2.24, 2.45) is 0 Å². The molecule has 148 valence electrons. The fraction of sp³-hybridized carbons (Fsp3) is 0.167. The van der Waals surface area contributed by atoms with Crippen LogP contribution in [0.2, 0.25) is 0 Å². The van der Waals surface area contributed by atoms with Crippen LogP contribution < -0.4 is 5.32 Å². The van der Waals surface area contributed by atoms with Crippen LogP contribution in [-0.4, -0.2) is 22.0 Å². The molecule has 3 aromatic carbocycles. The third kappa shape index (κ3) is 4.82. The molecule has 0 bridgehead atoms. The molecule has 0 saturated heterocycles. The van der Waals surface area contributed by atoms with E-state index in [1.165, 1.54) is 29.8 Å². The predicted octanol–water partition coefficient (Wildman–Crippen LogP) is 5.41. The molecule has 5 nitrogen and oxygen atoms in total. The summed E-state index contributed by atoms with van der Waals surface area (Å²) in [7, 11) is 0. The second kappa shape index (κ2) is 9.06. The van der Waals surface area contributed by atoms with Crippen LogP contribution in [0, 0.1) is 0 Å². The number of hydrogen-bond donors (Lipinski definition) is 3. The van der Waals surface area contributed by atoms with Gasteiger partial charge in [-0.1, -0.05) is 43.7 Å². The Morgan fingerprint density at radius 3 is 2.14 bits per heavy atom. The molecule has 0 aliphatic rings. The third-order valence-corrected chi connectivity index (χ3v) is 4.71. The highest BCUT2D eigenvalue weighted by molar-refractivity contribution is 6.15. The maximum absolute atomic E-state index is 12.7. The molecule has 3 N–H and O–H groups in total. The number of hydrogen-bond acceptors (Lipinski definition) is 4. The van der Waals surface area contributed by atoms with Gasteiger partial charge in [0.05, 0.1) is 11.1 Å². The minimum Gasteiger partial charge on any atom is -0.507 e. The topological polar surface area (TPSA) is 86.6 Å². The number of benzene rings is 3. The molecular weight excluding hydrogens is 366 g/mol. The van der Waals surface area contributed by atoms with Gasteiger partial charge in [0.25, 0.3) is 0 Å². The lowest BCUT2D eigenvalue weighted by Gasteiger charge is -2.11. The Bertz CT molecular complexity index is 1030. The molecule has 0 atom stereocenters. The molecule has 3 aromatic rings. The highest BCUT2D eigenvalue weighted by atomic mass is 16.4. The quantitative estimate of drug-likeness (QED) is 0.449. The number of phenols is 1. The lowest BCUT2D eigenvalue weighted by Crippen LogP contribution is -2.09. The van der Waals surface area contributed by atoms with Crippen LogP contribution in [0.25, 0.3) is 0 Å². The van der Waals surface area contributed by atoms with Crippen molar-refractivity contribution in [3.63, 3.8) is 0 Å². The molecule has 0 fully saturated rings. The Kier molecular flexibility index (Phi) is 6.29. The number of aromatic hydroxyl groups is 1. The van der Waals surface area contributed by atoms with Gasteiger partial charge in [0.1, 0.15) is 5.75 Å². The molecule has 0 spiro atoms. The summed E-state index contributed by atoms with van der Waals surface area (Å²) in [6, 6.07) is 18.7. The Morgan fingerprint density at radius 1 is 0.862 bits per heavy atom. The van der Waals surface area contributed by atoms with E-state index < -0.39 is 11.8 Å². The lowest BCUT2D eigenvalue weighted by molar-refractivity contribution is 0.0692. The minimum atomic E-state index is -1.19. The summed E-state index contributed by atoms with van der Waals surface area (Å²) >= 11 is 0. The van der Waals surface area contributed by atoms with E-state index in [9.17, 15) is 19.8 Å². The number of carboxylic acids is 1. The van der Waals surface area contributed by atoms with Gasteiger partial charge in [-0.15, -0.1) is 0 Å². The van der Waals surface area contributed by atoms with Crippen molar-refractivity contribution < 1.29 is 19.8 Å². The summed E-state index contributed by atoms with van der Waals surface area (Å²) in [6.45, 7) is 2.16. The third-order valence-electron chi connectivity index (χ3n) is 4.71. The summed E-state index contributed by atoms with van der Waals surface area (Å²) < 4.78 is 0. The van der Waals surface area contributed by atoms with E-state index in [1.807, 2.05) is 12.1 Å². The zero-order valence-electron chi connectivity index (χ0n) is 16.2. The van der Waals surface area contributed by atoms with Crippen LogP contribution in [0.5, 0.6) is 5.75 Å². The molecule has 29 heavy (non-hydrogen) atoms. The molecule has 0 aliphatic heterocycles. The smallest absolute Gasteiger partial charge is 0.336 e. The molecule has 0 saturated carbocycles. The zero-order valence-corrected chi connectivity index (χ0v) is 16.2. The first-order valence-corrected chi connectivity index (χ1v) is 9.55. The molecule has 0 radical (unpaired) electrons. The maximum Gasteiger partial charge on any atom is 0.336 e. The number of aryl methyl sites for hydroxylation is 1. The van der Waals surface area contributed by atoms with Crippen LogP contribution >= 0.6 is 0 Å². The van der Waals surface area contributed by atoms with Crippen LogP contribution in [0.3, 0.4) is 0 Å². The van der Waals surface area contributed by atoms with Gasteiger partial charge in [-0.2, -0.15) is 0 Å². The molecular formula is C24H23NO4. The van der Waals surface area contributed by atoms with Gasteiger partial charge in [0.15, 0.2) is 5.78 Å². The Labute approximate surface area is 169 Å². The monoisotopic (exact) mass is 389 g/mol. The van der Waals surface area contributed by atoms with Crippen molar-refractivity contribution in [2.75, 3.05) is 5.32 Å². The summed E-state index contributed by atoms with van der Waals surface area (Å²) in [6.07, 6.45) is 3.36. The van der Waals surface area contributed by atoms with Gasteiger partial charge < -0.3 is 15.5 Å². The van der Waals surface area contributed by atoms with Crippen molar-refractivity contribution in [1.82, 2.24) is 0 Å². The number of carbonyl (C=O) groups is 2. The lowest BCUT2D eigenvalue weighted by atomic mass is 9.97. The first-order valence-electron chi connectivity index (χ1n) is 9.55. The van der Waals surface area contributed by atoms with Gasteiger partial charge in [0, 0.05) is 23.0 Å². The van der Waals surface area contributed by atoms with E-state index in [2.05, 4.69) is 24.4 Å². The highest BCUT2D eigenvalue weighted by Gasteiger charge is 2.20. The number of carbonyl (C=O) groups excluding carboxylic acids is 1. The number of ketones is 1. The SMILES string of the molecule is CCCCc1ccc(Nc2ccc(C(=O)c3ccccc3C(=O)O)c(O)c2)cc1. The van der Waals surface area contributed by atoms with E-state index in [0.29, 0.717) is 5.69 Å². The second-order valence-electron chi connectivity index (χ2n) is 6.84. The van der Waals surface area contributed by atoms with Crippen molar-refractivity contribution in [1.29, 1.82) is 0 Å². The van der Waals surface area contributed by atoms with Crippen molar-refractivity contribution in [3.05, 3.63) is 89.0 Å². The first-order chi connectivity index (χ1) is 14.0. The van der Waals surface area contributed by atoms with E-state index in [1.54, 1.807) is 18.2 Å². The standard InChI is InChI=1S/C24H23NO4/c1-2-3-6-16-9-11-17(12-10-16)25-18-13-14-21(22(26)15-18)23(27)19-7-4-5-8-20(19)24(28)29/h4-5,7-15,25-26H,2-3,6H2,1H3,(H,28,29). The number of rotatable bonds is 8. The number of carboxylic acid groups (broad SMARTS) is 1. The van der Waals surface area contributed by atoms with Crippen molar-refractivity contribution >= 4 is 23.1 Å². The molecule has 0 heterocycles. The van der Waals surface area contributed by atoms with E-state index in [-0.39, 0.29) is 22.4 Å². The van der Waals surface area contributed by atoms with E-state index >= 15 is 0 Å². The van der Waals surface area contributed by atoms with Gasteiger partial charge >= 0.3 is 5.97 Å². The maximum atomic E-state index is 12.7. The average molecular weight is 389 g/mol. The molecule has 5 heteroatoms. The molecule has 3 rings (SSSR count). The summed E-state index contributed by atoms with van der Waals surface area (Å²) in [5.74, 6) is -1.93. The van der Waals surface area contributed by atoms with Crippen LogP contribution in [0.15, 0.2) is 66.7 Å². The van der Waals surface area contributed by atoms with Crippen LogP contribution in [0.4, 0.5) is 11.4 Å². The molecule has 0 unspecified atom stereocenters. The van der Waals surface area contributed by atoms with E-state index in [0.717, 1.165) is 24.9 Å². The Morgan fingerprint density at radius 2 is 1.52 bits per heavy atom. The molecule has 0 aliphatic carbocycles. The summed E-state index contributed by atoms with van der Waals surface area (Å²) in [5.41, 5.74) is 2.78. The average Bonchev–Trinajstić information content (AvgIpc) is 2.73. The minimum absolute atomic E-state index is 0.0404. The van der Waals surface area contributed by atoms with Crippen LogP contribution in [0.1, 0.15) is 51.6 Å². The van der Waals surface area contributed by atoms with Gasteiger partial charge in [0.2, 0.25) is 0 Å². The summed E-state index contributed by atoms with van der Waals surface area (Å²) in [4.78, 5) is 24.1. The molecule has 0 aromatic heterocycles. The second-order valence-corrected chi connectivity index (χ2v) is 6.84. The van der Waals surface area contributed by atoms with Gasteiger partial charge in [-0.3, -0.25) is 4.79 Å². The van der Waals surface area contributed by atoms with Gasteiger partial charge in [-0.05, 0) is 48.7 Å².